The van der Waals surface area contributed by atoms with Gasteiger partial charge in [0.25, 0.3) is 0 Å². The lowest BCUT2D eigenvalue weighted by Gasteiger charge is -2.12. The third-order valence-corrected chi connectivity index (χ3v) is 9.87. The third-order valence-electron chi connectivity index (χ3n) is 9.87. The zero-order valence-corrected chi connectivity index (χ0v) is 24.6. The molecule has 0 radical (unpaired) electrons. The molecule has 6 aromatic carbocycles. The summed E-state index contributed by atoms with van der Waals surface area (Å²) in [6.07, 6.45) is 1.85. The molecule has 46 heavy (non-hydrogen) atoms. The molecule has 0 aliphatic carbocycles. The largest absolute Gasteiger partial charge is 0.309 e. The Kier molecular flexibility index (Phi) is 4.55. The van der Waals surface area contributed by atoms with Crippen molar-refractivity contribution in [2.24, 2.45) is 0 Å². The van der Waals surface area contributed by atoms with Gasteiger partial charge in [-0.1, -0.05) is 97.1 Å². The molecule has 5 heterocycles. The summed E-state index contributed by atoms with van der Waals surface area (Å²) in [5.74, 6) is 0. The molecule has 4 nitrogen and oxygen atoms in total. The van der Waals surface area contributed by atoms with Crippen LogP contribution >= 0.6 is 0 Å². The first-order valence-electron chi connectivity index (χ1n) is 15.7. The van der Waals surface area contributed by atoms with Crippen molar-refractivity contribution in [3.63, 3.8) is 0 Å². The van der Waals surface area contributed by atoms with Crippen molar-refractivity contribution in [3.8, 4) is 16.9 Å². The highest BCUT2D eigenvalue weighted by Crippen LogP contribution is 2.44. The molecule has 11 aromatic rings. The minimum Gasteiger partial charge on any atom is -0.309 e. The molecule has 0 saturated carbocycles. The zero-order chi connectivity index (χ0) is 29.9. The second kappa shape index (κ2) is 8.68. The van der Waals surface area contributed by atoms with Crippen LogP contribution in [-0.4, -0.2) is 18.9 Å². The Bertz CT molecular complexity index is 3030. The Balaban J connectivity index is 1.25. The lowest BCUT2D eigenvalue weighted by Crippen LogP contribution is -1.95. The van der Waals surface area contributed by atoms with E-state index in [1.165, 1.54) is 65.6 Å². The number of rotatable bonds is 2. The summed E-state index contributed by atoms with van der Waals surface area (Å²) in [5, 5.41) is 9.77. The molecule has 0 aliphatic heterocycles. The highest BCUT2D eigenvalue weighted by atomic mass is 15.0. The number of pyridine rings is 2. The SMILES string of the molecule is c1cnc2c(c1)ccc1ccc(-c3ccc4c5ccccc5n(-c5ccc6c7ccccc7n7c8ccccc8c5c67)c4c3)nc12. The molecule has 212 valence electrons. The number of hydrogen-bond acceptors (Lipinski definition) is 2. The zero-order valence-electron chi connectivity index (χ0n) is 24.6. The third kappa shape index (κ3) is 3.03. The lowest BCUT2D eigenvalue weighted by molar-refractivity contribution is 1.20. The number of fused-ring (bicyclic) bond motifs is 12. The Hall–Kier alpha value is -6.26. The smallest absolute Gasteiger partial charge is 0.0972 e. The second-order valence-electron chi connectivity index (χ2n) is 12.2. The summed E-state index contributed by atoms with van der Waals surface area (Å²) in [6.45, 7) is 0. The first-order chi connectivity index (χ1) is 22.8. The van der Waals surface area contributed by atoms with E-state index in [0.29, 0.717) is 0 Å². The highest BCUT2D eigenvalue weighted by molar-refractivity contribution is 6.26. The quantitative estimate of drug-likeness (QED) is 0.190. The summed E-state index contributed by atoms with van der Waals surface area (Å²) in [6, 6.07) is 50.4. The predicted octanol–water partition coefficient (Wildman–Crippen LogP) is 10.7. The summed E-state index contributed by atoms with van der Waals surface area (Å²) in [4.78, 5) is 9.89. The van der Waals surface area contributed by atoms with E-state index < -0.39 is 0 Å². The van der Waals surface area contributed by atoms with Crippen molar-refractivity contribution in [1.82, 2.24) is 18.9 Å². The topological polar surface area (TPSA) is 35.1 Å². The van der Waals surface area contributed by atoms with Gasteiger partial charge in [-0.15, -0.1) is 0 Å². The van der Waals surface area contributed by atoms with Crippen molar-refractivity contribution in [2.75, 3.05) is 0 Å². The van der Waals surface area contributed by atoms with Gasteiger partial charge in [0.2, 0.25) is 0 Å². The molecule has 0 atom stereocenters. The first-order valence-corrected chi connectivity index (χ1v) is 15.7. The van der Waals surface area contributed by atoms with E-state index in [1.807, 2.05) is 12.3 Å². The van der Waals surface area contributed by atoms with Crippen molar-refractivity contribution in [2.45, 2.75) is 0 Å². The predicted molar refractivity (Wildman–Crippen MR) is 191 cm³/mol. The molecule has 0 N–H and O–H groups in total. The molecule has 0 bridgehead atoms. The molecule has 0 aliphatic rings. The maximum atomic E-state index is 5.20. The van der Waals surface area contributed by atoms with Gasteiger partial charge in [0.1, 0.15) is 0 Å². The molecule has 0 amide bonds. The van der Waals surface area contributed by atoms with E-state index in [9.17, 15) is 0 Å². The number of hydrogen-bond donors (Lipinski definition) is 0. The Morgan fingerprint density at radius 2 is 1.11 bits per heavy atom. The maximum Gasteiger partial charge on any atom is 0.0972 e. The van der Waals surface area contributed by atoms with E-state index in [2.05, 4.69) is 142 Å². The Morgan fingerprint density at radius 1 is 0.457 bits per heavy atom. The van der Waals surface area contributed by atoms with Crippen LogP contribution in [0.1, 0.15) is 0 Å². The second-order valence-corrected chi connectivity index (χ2v) is 12.2. The summed E-state index contributed by atoms with van der Waals surface area (Å²) in [7, 11) is 0. The average Bonchev–Trinajstić information content (AvgIpc) is 3.76. The van der Waals surface area contributed by atoms with Crippen molar-refractivity contribution in [3.05, 3.63) is 146 Å². The molecular weight excluding hydrogens is 560 g/mol. The van der Waals surface area contributed by atoms with Gasteiger partial charge >= 0.3 is 0 Å². The van der Waals surface area contributed by atoms with Gasteiger partial charge in [-0.25, -0.2) is 4.98 Å². The fraction of sp³-hybridized carbons (Fsp3) is 0. The van der Waals surface area contributed by atoms with Gasteiger partial charge < -0.3 is 8.97 Å². The minimum atomic E-state index is 0.930. The first kappa shape index (κ1) is 24.1. The molecule has 5 aromatic heterocycles. The fourth-order valence-electron chi connectivity index (χ4n) is 7.90. The van der Waals surface area contributed by atoms with Crippen LogP contribution in [0, 0.1) is 0 Å². The van der Waals surface area contributed by atoms with Crippen molar-refractivity contribution in [1.29, 1.82) is 0 Å². The van der Waals surface area contributed by atoms with Crippen LogP contribution in [-0.2, 0) is 0 Å². The molecule has 4 heteroatoms. The summed E-state index contributed by atoms with van der Waals surface area (Å²) < 4.78 is 4.92. The van der Waals surface area contributed by atoms with Crippen LogP contribution in [0.25, 0.3) is 98.7 Å². The van der Waals surface area contributed by atoms with Gasteiger partial charge in [-0.2, -0.15) is 0 Å². The number of nitrogens with zero attached hydrogens (tertiary/aromatic N) is 4. The number of aromatic nitrogens is 4. The van der Waals surface area contributed by atoms with E-state index in [1.54, 1.807) is 0 Å². The Morgan fingerprint density at radius 3 is 1.96 bits per heavy atom. The van der Waals surface area contributed by atoms with E-state index in [4.69, 9.17) is 9.97 Å². The van der Waals surface area contributed by atoms with Crippen molar-refractivity contribution >= 4 is 81.7 Å². The van der Waals surface area contributed by atoms with Gasteiger partial charge in [0, 0.05) is 54.9 Å². The van der Waals surface area contributed by atoms with Gasteiger partial charge in [0.15, 0.2) is 0 Å². The fourth-order valence-corrected chi connectivity index (χ4v) is 7.90. The van der Waals surface area contributed by atoms with Gasteiger partial charge in [0.05, 0.1) is 50.0 Å². The molecule has 0 spiro atoms. The van der Waals surface area contributed by atoms with E-state index in [-0.39, 0.29) is 0 Å². The monoisotopic (exact) mass is 584 g/mol. The minimum absolute atomic E-state index is 0.930. The van der Waals surface area contributed by atoms with Crippen LogP contribution in [0.5, 0.6) is 0 Å². The molecule has 11 rings (SSSR count). The lowest BCUT2D eigenvalue weighted by atomic mass is 10.0. The molecule has 0 unspecified atom stereocenters. The van der Waals surface area contributed by atoms with Gasteiger partial charge in [-0.05, 0) is 42.5 Å². The summed E-state index contributed by atoms with van der Waals surface area (Å²) >= 11 is 0. The van der Waals surface area contributed by atoms with Crippen LogP contribution in [0.3, 0.4) is 0 Å². The van der Waals surface area contributed by atoms with Crippen molar-refractivity contribution < 1.29 is 0 Å². The van der Waals surface area contributed by atoms with E-state index >= 15 is 0 Å². The maximum absolute atomic E-state index is 5.20. The normalized spacial score (nSPS) is 12.3. The molecule has 0 saturated heterocycles. The van der Waals surface area contributed by atoms with Crippen LogP contribution < -0.4 is 0 Å². The van der Waals surface area contributed by atoms with Crippen LogP contribution in [0.15, 0.2) is 146 Å². The molecular formula is C42H24N4. The van der Waals surface area contributed by atoms with Crippen LogP contribution in [0.4, 0.5) is 0 Å². The summed E-state index contributed by atoms with van der Waals surface area (Å²) in [5.41, 5.74) is 11.2. The number of para-hydroxylation sites is 3. The molecule has 0 fully saturated rings. The van der Waals surface area contributed by atoms with Crippen LogP contribution in [0.2, 0.25) is 0 Å². The Labute approximate surface area is 262 Å². The van der Waals surface area contributed by atoms with E-state index in [0.717, 1.165) is 33.1 Å². The number of benzene rings is 6. The highest BCUT2D eigenvalue weighted by Gasteiger charge is 2.22. The van der Waals surface area contributed by atoms with Gasteiger partial charge in [-0.3, -0.25) is 4.98 Å². The standard InChI is InChI=1S/C42H24N4/c1-4-12-34-28(9-1)30-19-17-27(33-21-18-26-16-15-25-8-7-23-43-40(25)41(26)44-33)24-38(30)45(34)37-22-20-31-29-10-2-5-13-35(29)46-36-14-6-3-11-32(36)39(37)42(31)46/h1-24H. The average molecular weight is 585 g/mol.